The highest BCUT2D eigenvalue weighted by Crippen LogP contribution is 2.40. The van der Waals surface area contributed by atoms with Crippen LogP contribution < -0.4 is 5.32 Å². The molecule has 0 heterocycles. The lowest BCUT2D eigenvalue weighted by Crippen LogP contribution is -2.49. The van der Waals surface area contributed by atoms with Crippen LogP contribution in [0.2, 0.25) is 0 Å². The van der Waals surface area contributed by atoms with Crippen molar-refractivity contribution in [3.05, 3.63) is 0 Å². The molecule has 1 aliphatic carbocycles. The van der Waals surface area contributed by atoms with Crippen molar-refractivity contribution >= 4 is 12.1 Å². The van der Waals surface area contributed by atoms with E-state index >= 15 is 0 Å². The average molecular weight is 325 g/mol. The van der Waals surface area contributed by atoms with Crippen molar-refractivity contribution in [1.29, 1.82) is 0 Å². The van der Waals surface area contributed by atoms with E-state index in [9.17, 15) is 27.9 Å². The minimum atomic E-state index is -4.25. The number of hydrogen-bond acceptors (Lipinski definition) is 3. The van der Waals surface area contributed by atoms with Gasteiger partial charge in [-0.05, 0) is 52.4 Å². The maximum atomic E-state index is 12.6. The number of alkyl halides is 3. The number of amides is 1. The van der Waals surface area contributed by atoms with Crippen LogP contribution in [-0.4, -0.2) is 35.0 Å². The van der Waals surface area contributed by atoms with Crippen LogP contribution in [0.3, 0.4) is 0 Å². The van der Waals surface area contributed by atoms with E-state index in [1.54, 1.807) is 20.8 Å². The molecule has 0 saturated heterocycles. The fourth-order valence-corrected chi connectivity index (χ4v) is 2.60. The van der Waals surface area contributed by atoms with Gasteiger partial charge in [-0.1, -0.05) is 0 Å². The van der Waals surface area contributed by atoms with Gasteiger partial charge in [0.05, 0.1) is 5.92 Å². The number of nitrogens with one attached hydrogen (secondary N) is 1. The van der Waals surface area contributed by atoms with Crippen molar-refractivity contribution in [2.75, 3.05) is 0 Å². The molecule has 0 aromatic carbocycles. The first-order valence-corrected chi connectivity index (χ1v) is 7.19. The molecule has 1 atom stereocenters. The molecule has 22 heavy (non-hydrogen) atoms. The summed E-state index contributed by atoms with van der Waals surface area (Å²) in [6, 6.07) is -1.23. The molecule has 8 heteroatoms. The van der Waals surface area contributed by atoms with E-state index in [0.717, 1.165) is 0 Å². The Kier molecular flexibility index (Phi) is 5.70. The van der Waals surface area contributed by atoms with Gasteiger partial charge >= 0.3 is 18.2 Å². The molecule has 1 rings (SSSR count). The first-order chi connectivity index (χ1) is 9.90. The first kappa shape index (κ1) is 18.6. The van der Waals surface area contributed by atoms with E-state index in [0.29, 0.717) is 0 Å². The number of hydrogen-bond donors (Lipinski definition) is 2. The summed E-state index contributed by atoms with van der Waals surface area (Å²) in [5.74, 6) is -3.18. The molecule has 0 aromatic heterocycles. The monoisotopic (exact) mass is 325 g/mol. The molecule has 2 N–H and O–H groups in total. The van der Waals surface area contributed by atoms with Gasteiger partial charge in [0, 0.05) is 0 Å². The first-order valence-electron chi connectivity index (χ1n) is 7.19. The molecule has 1 fully saturated rings. The largest absolute Gasteiger partial charge is 0.480 e. The zero-order valence-corrected chi connectivity index (χ0v) is 12.9. The molecule has 1 aliphatic rings. The Hall–Kier alpha value is -1.47. The second-order valence-electron chi connectivity index (χ2n) is 6.62. The zero-order chi connectivity index (χ0) is 17.1. The number of carboxylic acids is 1. The number of halogens is 3. The van der Waals surface area contributed by atoms with Crippen molar-refractivity contribution in [3.8, 4) is 0 Å². The number of carbonyl (C=O) groups excluding carboxylic acids is 1. The van der Waals surface area contributed by atoms with Gasteiger partial charge in [-0.2, -0.15) is 13.2 Å². The fraction of sp³-hybridized carbons (Fsp3) is 0.857. The van der Waals surface area contributed by atoms with Gasteiger partial charge in [0.2, 0.25) is 0 Å². The molecule has 0 bridgehead atoms. The lowest BCUT2D eigenvalue weighted by Gasteiger charge is -2.33. The zero-order valence-electron chi connectivity index (χ0n) is 12.9. The molecule has 0 aliphatic heterocycles. The van der Waals surface area contributed by atoms with Crippen LogP contribution in [0.4, 0.5) is 18.0 Å². The molecule has 0 spiro atoms. The van der Waals surface area contributed by atoms with E-state index in [-0.39, 0.29) is 25.7 Å². The number of rotatable bonds is 3. The standard InChI is InChI=1S/C14H22F3NO4/c1-13(2,3)22-12(21)18-10(11(19)20)8-4-6-9(7-5-8)14(15,16)17/h8-10H,4-7H2,1-3H3,(H,18,21)(H,19,20)/t8-,9-,10?. The van der Waals surface area contributed by atoms with Crippen molar-refractivity contribution in [2.24, 2.45) is 11.8 Å². The number of ether oxygens (including phenoxy) is 1. The predicted molar refractivity (Wildman–Crippen MR) is 72.3 cm³/mol. The predicted octanol–water partition coefficient (Wildman–Crippen LogP) is 3.33. The molecular weight excluding hydrogens is 303 g/mol. The summed E-state index contributed by atoms with van der Waals surface area (Å²) in [5.41, 5.74) is -0.777. The van der Waals surface area contributed by atoms with E-state index in [4.69, 9.17) is 4.74 Å². The summed E-state index contributed by atoms with van der Waals surface area (Å²) >= 11 is 0. The van der Waals surface area contributed by atoms with E-state index in [1.165, 1.54) is 0 Å². The highest BCUT2D eigenvalue weighted by Gasteiger charge is 2.44. The van der Waals surface area contributed by atoms with Crippen molar-refractivity contribution in [3.63, 3.8) is 0 Å². The summed E-state index contributed by atoms with van der Waals surface area (Å²) in [7, 11) is 0. The van der Waals surface area contributed by atoms with Crippen LogP contribution in [0.15, 0.2) is 0 Å². The summed E-state index contributed by atoms with van der Waals surface area (Å²) in [4.78, 5) is 22.9. The maximum Gasteiger partial charge on any atom is 0.408 e. The van der Waals surface area contributed by atoms with E-state index < -0.39 is 41.7 Å². The highest BCUT2D eigenvalue weighted by atomic mass is 19.4. The number of carbonyl (C=O) groups is 2. The van der Waals surface area contributed by atoms with Crippen molar-refractivity contribution < 1.29 is 32.6 Å². The fourth-order valence-electron chi connectivity index (χ4n) is 2.60. The average Bonchev–Trinajstić information content (AvgIpc) is 2.32. The van der Waals surface area contributed by atoms with Crippen LogP contribution in [0.1, 0.15) is 46.5 Å². The van der Waals surface area contributed by atoms with Crippen LogP contribution >= 0.6 is 0 Å². The molecule has 0 radical (unpaired) electrons. The van der Waals surface area contributed by atoms with Gasteiger partial charge in [0.1, 0.15) is 11.6 Å². The van der Waals surface area contributed by atoms with Crippen LogP contribution in [0, 0.1) is 11.8 Å². The molecule has 0 aromatic rings. The summed E-state index contributed by atoms with van der Waals surface area (Å²) < 4.78 is 42.8. The smallest absolute Gasteiger partial charge is 0.408 e. The number of carboxylic acid groups (broad SMARTS) is 1. The number of alkyl carbamates (subject to hydrolysis) is 1. The van der Waals surface area contributed by atoms with E-state index in [2.05, 4.69) is 5.32 Å². The lowest BCUT2D eigenvalue weighted by atomic mass is 9.78. The molecule has 1 unspecified atom stereocenters. The van der Waals surface area contributed by atoms with Crippen LogP contribution in [0.25, 0.3) is 0 Å². The lowest BCUT2D eigenvalue weighted by molar-refractivity contribution is -0.184. The minimum absolute atomic E-state index is 0.108. The van der Waals surface area contributed by atoms with Crippen molar-refractivity contribution in [1.82, 2.24) is 5.32 Å². The second kappa shape index (κ2) is 6.75. The minimum Gasteiger partial charge on any atom is -0.480 e. The van der Waals surface area contributed by atoms with E-state index in [1.807, 2.05) is 0 Å². The molecule has 128 valence electrons. The summed E-state index contributed by atoms with van der Waals surface area (Å²) in [5, 5.41) is 11.5. The van der Waals surface area contributed by atoms with Crippen molar-refractivity contribution in [2.45, 2.75) is 64.3 Å². The van der Waals surface area contributed by atoms with Gasteiger partial charge in [-0.25, -0.2) is 9.59 Å². The van der Waals surface area contributed by atoms with Gasteiger partial charge in [0.15, 0.2) is 0 Å². The summed E-state index contributed by atoms with van der Waals surface area (Å²) in [6.07, 6.45) is -5.14. The van der Waals surface area contributed by atoms with Crippen LogP contribution in [-0.2, 0) is 9.53 Å². The Morgan fingerprint density at radius 1 is 1.14 bits per heavy atom. The Morgan fingerprint density at radius 3 is 2.00 bits per heavy atom. The van der Waals surface area contributed by atoms with Gasteiger partial charge in [-0.3, -0.25) is 0 Å². The summed E-state index contributed by atoms with van der Waals surface area (Å²) in [6.45, 7) is 4.91. The van der Waals surface area contributed by atoms with Gasteiger partial charge in [0.25, 0.3) is 0 Å². The Morgan fingerprint density at radius 2 is 1.64 bits per heavy atom. The van der Waals surface area contributed by atoms with Crippen LogP contribution in [0.5, 0.6) is 0 Å². The topological polar surface area (TPSA) is 75.6 Å². The molecule has 5 nitrogen and oxygen atoms in total. The quantitative estimate of drug-likeness (QED) is 0.834. The Labute approximate surface area is 127 Å². The highest BCUT2D eigenvalue weighted by molar-refractivity contribution is 5.80. The third-order valence-corrected chi connectivity index (χ3v) is 3.64. The Bertz CT molecular complexity index is 409. The Balaban J connectivity index is 2.63. The maximum absolute atomic E-state index is 12.6. The van der Waals surface area contributed by atoms with Gasteiger partial charge < -0.3 is 15.2 Å². The van der Waals surface area contributed by atoms with Gasteiger partial charge in [-0.15, -0.1) is 0 Å². The normalized spacial score (nSPS) is 24.5. The SMILES string of the molecule is CC(C)(C)OC(=O)NC(C(=O)O)[C@H]1CC[C@H](C(F)(F)F)CC1. The molecule has 1 saturated carbocycles. The molecular formula is C14H22F3NO4. The third kappa shape index (κ3) is 5.73. The third-order valence-electron chi connectivity index (χ3n) is 3.64. The molecule has 1 amide bonds. The number of aliphatic carboxylic acids is 1. The second-order valence-corrected chi connectivity index (χ2v) is 6.62.